The van der Waals surface area contributed by atoms with Gasteiger partial charge in [0.15, 0.2) is 0 Å². The second kappa shape index (κ2) is 9.69. The molecule has 0 spiro atoms. The normalized spacial score (nSPS) is 18.3. The molecule has 1 aromatic heterocycles. The molecule has 1 fully saturated rings. The van der Waals surface area contributed by atoms with Crippen LogP contribution >= 0.6 is 0 Å². The molecule has 1 amide bonds. The molecule has 6 nitrogen and oxygen atoms in total. The average Bonchev–Trinajstić information content (AvgIpc) is 3.28. The number of esters is 1. The number of carbonyl (C=O) groups excluding carboxylic acids is 2. The summed E-state index contributed by atoms with van der Waals surface area (Å²) in [7, 11) is 1.41. The van der Waals surface area contributed by atoms with E-state index in [-0.39, 0.29) is 24.0 Å². The van der Waals surface area contributed by atoms with E-state index >= 15 is 0 Å². The summed E-state index contributed by atoms with van der Waals surface area (Å²) in [5.74, 6) is -0.233. The summed E-state index contributed by atoms with van der Waals surface area (Å²) in [6.45, 7) is 4.15. The Morgan fingerprint density at radius 1 is 1.13 bits per heavy atom. The number of aryl methyl sites for hydroxylation is 2. The number of likely N-dealkylation sites (tertiary alicyclic amines) is 1. The molecule has 0 saturated carbocycles. The fraction of sp³-hybridized carbons (Fsp3) is 0.520. The number of methoxy groups -OCH3 is 1. The number of hydrogen-bond donors (Lipinski definition) is 1. The van der Waals surface area contributed by atoms with Gasteiger partial charge in [-0.1, -0.05) is 18.2 Å². The number of rotatable bonds is 6. The van der Waals surface area contributed by atoms with Crippen LogP contribution in [0.3, 0.4) is 0 Å². The minimum absolute atomic E-state index is 0.0137. The number of ether oxygens (including phenoxy) is 1. The Hall–Kier alpha value is -2.60. The second-order valence-corrected chi connectivity index (χ2v) is 8.82. The van der Waals surface area contributed by atoms with Gasteiger partial charge in [0, 0.05) is 25.3 Å². The van der Waals surface area contributed by atoms with Crippen LogP contribution in [0.2, 0.25) is 0 Å². The lowest BCUT2D eigenvalue weighted by molar-refractivity contribution is -0.123. The van der Waals surface area contributed by atoms with Gasteiger partial charge in [-0.2, -0.15) is 0 Å². The van der Waals surface area contributed by atoms with E-state index in [1.54, 1.807) is 6.07 Å². The van der Waals surface area contributed by atoms with Gasteiger partial charge in [0.25, 0.3) is 0 Å². The van der Waals surface area contributed by atoms with E-state index in [0.717, 1.165) is 32.4 Å². The van der Waals surface area contributed by atoms with Crippen molar-refractivity contribution in [2.45, 2.75) is 57.5 Å². The van der Waals surface area contributed by atoms with Crippen molar-refractivity contribution < 1.29 is 14.3 Å². The monoisotopic (exact) mass is 423 g/mol. The number of piperidine rings is 1. The lowest BCUT2D eigenvalue weighted by Crippen LogP contribution is -2.42. The summed E-state index contributed by atoms with van der Waals surface area (Å²) in [4.78, 5) is 26.8. The number of nitrogens with zero attached hydrogens (tertiary/aromatic N) is 2. The molecule has 2 aliphatic rings. The van der Waals surface area contributed by atoms with E-state index in [9.17, 15) is 9.59 Å². The predicted molar refractivity (Wildman–Crippen MR) is 120 cm³/mol. The topological polar surface area (TPSA) is 63.6 Å². The number of benzene rings is 1. The van der Waals surface area contributed by atoms with Crippen LogP contribution in [-0.4, -0.2) is 48.1 Å². The number of aromatic nitrogens is 1. The highest BCUT2D eigenvalue weighted by atomic mass is 16.5. The van der Waals surface area contributed by atoms with E-state index in [1.165, 1.54) is 43.1 Å². The van der Waals surface area contributed by atoms with Crippen LogP contribution in [0.5, 0.6) is 0 Å². The van der Waals surface area contributed by atoms with Crippen molar-refractivity contribution in [3.8, 4) is 0 Å². The summed E-state index contributed by atoms with van der Waals surface area (Å²) in [5.41, 5.74) is 4.70. The smallest absolute Gasteiger partial charge is 0.354 e. The van der Waals surface area contributed by atoms with Crippen LogP contribution in [0, 0.1) is 0 Å². The third-order valence-electron chi connectivity index (χ3n) is 6.74. The first-order valence-corrected chi connectivity index (χ1v) is 11.4. The molecule has 1 saturated heterocycles. The fourth-order valence-corrected chi connectivity index (χ4v) is 4.94. The second-order valence-electron chi connectivity index (χ2n) is 8.82. The molecule has 166 valence electrons. The Labute approximate surface area is 184 Å². The van der Waals surface area contributed by atoms with Crippen LogP contribution in [0.15, 0.2) is 36.5 Å². The first-order chi connectivity index (χ1) is 15.0. The summed E-state index contributed by atoms with van der Waals surface area (Å²) in [5, 5.41) is 3.17. The van der Waals surface area contributed by atoms with Crippen LogP contribution < -0.4 is 5.32 Å². The van der Waals surface area contributed by atoms with Crippen molar-refractivity contribution in [3.05, 3.63) is 58.9 Å². The summed E-state index contributed by atoms with van der Waals surface area (Å²) in [6, 6.07) is 10.6. The molecular weight excluding hydrogens is 390 g/mol. The maximum Gasteiger partial charge on any atom is 0.354 e. The number of amides is 1. The van der Waals surface area contributed by atoms with Gasteiger partial charge in [0.2, 0.25) is 5.91 Å². The maximum absolute atomic E-state index is 12.7. The zero-order valence-electron chi connectivity index (χ0n) is 18.6. The number of carbonyl (C=O) groups is 2. The zero-order valence-corrected chi connectivity index (χ0v) is 18.6. The third-order valence-corrected chi connectivity index (χ3v) is 6.74. The van der Waals surface area contributed by atoms with E-state index in [2.05, 4.69) is 35.3 Å². The Bertz CT molecular complexity index is 928. The summed E-state index contributed by atoms with van der Waals surface area (Å²) < 4.78 is 6.90. The zero-order chi connectivity index (χ0) is 21.8. The van der Waals surface area contributed by atoms with Gasteiger partial charge in [-0.25, -0.2) is 4.79 Å². The standard InChI is InChI=1S/C25H33N3O3/c1-18(20-10-9-19-6-3-4-7-21(19)16-20)26-24(29)17-27-14-11-22(12-15-27)28-13-5-8-23(28)25(30)31-2/h5,8-10,13,16,18,22H,3-4,6-7,11-12,14-15,17H2,1-2H3,(H,26,29). The van der Waals surface area contributed by atoms with Crippen molar-refractivity contribution in [2.24, 2.45) is 0 Å². The average molecular weight is 424 g/mol. The largest absolute Gasteiger partial charge is 0.464 e. The summed E-state index contributed by atoms with van der Waals surface area (Å²) in [6.07, 6.45) is 8.63. The molecule has 1 aliphatic heterocycles. The molecule has 1 N–H and O–H groups in total. The van der Waals surface area contributed by atoms with Crippen LogP contribution in [0.4, 0.5) is 0 Å². The highest BCUT2D eigenvalue weighted by Crippen LogP contribution is 2.26. The van der Waals surface area contributed by atoms with Crippen molar-refractivity contribution in [2.75, 3.05) is 26.7 Å². The molecule has 1 unspecified atom stereocenters. The predicted octanol–water partition coefficient (Wildman–Crippen LogP) is 3.67. The highest BCUT2D eigenvalue weighted by molar-refractivity contribution is 5.87. The molecule has 0 bridgehead atoms. The van der Waals surface area contributed by atoms with E-state index in [4.69, 9.17) is 4.74 Å². The Morgan fingerprint density at radius 3 is 2.61 bits per heavy atom. The first-order valence-electron chi connectivity index (χ1n) is 11.4. The fourth-order valence-electron chi connectivity index (χ4n) is 4.94. The lowest BCUT2D eigenvalue weighted by Gasteiger charge is -2.33. The number of nitrogens with one attached hydrogen (secondary N) is 1. The van der Waals surface area contributed by atoms with E-state index in [0.29, 0.717) is 12.2 Å². The Morgan fingerprint density at radius 2 is 1.87 bits per heavy atom. The Balaban J connectivity index is 1.27. The van der Waals surface area contributed by atoms with Gasteiger partial charge in [-0.3, -0.25) is 9.69 Å². The number of hydrogen-bond acceptors (Lipinski definition) is 4. The third kappa shape index (κ3) is 5.01. The van der Waals surface area contributed by atoms with Gasteiger partial charge in [-0.15, -0.1) is 0 Å². The van der Waals surface area contributed by atoms with Crippen LogP contribution in [0.25, 0.3) is 0 Å². The van der Waals surface area contributed by atoms with E-state index in [1.807, 2.05) is 16.8 Å². The maximum atomic E-state index is 12.7. The highest BCUT2D eigenvalue weighted by Gasteiger charge is 2.25. The van der Waals surface area contributed by atoms with Gasteiger partial charge in [0.1, 0.15) is 5.69 Å². The van der Waals surface area contributed by atoms with Gasteiger partial charge in [-0.05, 0) is 74.3 Å². The van der Waals surface area contributed by atoms with Gasteiger partial charge in [0.05, 0.1) is 19.7 Å². The van der Waals surface area contributed by atoms with E-state index < -0.39 is 0 Å². The molecule has 1 aromatic carbocycles. The first kappa shape index (κ1) is 21.6. The molecule has 2 heterocycles. The quantitative estimate of drug-likeness (QED) is 0.720. The molecule has 1 aliphatic carbocycles. The minimum atomic E-state index is -0.303. The van der Waals surface area contributed by atoms with Gasteiger partial charge >= 0.3 is 5.97 Å². The number of fused-ring (bicyclic) bond motifs is 1. The minimum Gasteiger partial charge on any atom is -0.464 e. The van der Waals surface area contributed by atoms with Gasteiger partial charge < -0.3 is 14.6 Å². The lowest BCUT2D eigenvalue weighted by atomic mass is 9.89. The SMILES string of the molecule is COC(=O)c1cccn1C1CCN(CC(=O)NC(C)c2ccc3c(c2)CCCC3)CC1. The van der Waals surface area contributed by atoms with Crippen LogP contribution in [0.1, 0.15) is 71.9 Å². The van der Waals surface area contributed by atoms with Crippen molar-refractivity contribution in [1.82, 2.24) is 14.8 Å². The van der Waals surface area contributed by atoms with Crippen molar-refractivity contribution in [3.63, 3.8) is 0 Å². The molecule has 0 radical (unpaired) electrons. The molecule has 6 heteroatoms. The molecule has 1 atom stereocenters. The molecule has 4 rings (SSSR count). The molecule has 2 aromatic rings. The Kier molecular flexibility index (Phi) is 6.76. The molecular formula is C25H33N3O3. The van der Waals surface area contributed by atoms with Crippen molar-refractivity contribution >= 4 is 11.9 Å². The summed E-state index contributed by atoms with van der Waals surface area (Å²) >= 11 is 0. The van der Waals surface area contributed by atoms with Crippen LogP contribution in [-0.2, 0) is 22.4 Å². The van der Waals surface area contributed by atoms with Crippen molar-refractivity contribution in [1.29, 1.82) is 0 Å². The molecule has 31 heavy (non-hydrogen) atoms.